The molecular weight excluding hydrogens is 1070 g/mol. The third-order valence-corrected chi connectivity index (χ3v) is 20.1. The van der Waals surface area contributed by atoms with Gasteiger partial charge in [0.05, 0.1) is 20.8 Å². The first-order valence-electron chi connectivity index (χ1n) is 27.0. The summed E-state index contributed by atoms with van der Waals surface area (Å²) in [4.78, 5) is 13.0. The normalized spacial score (nSPS) is 17.4. The van der Waals surface area contributed by atoms with Gasteiger partial charge in [-0.1, -0.05) is 162 Å². The molecule has 14 nitrogen and oxygen atoms in total. The zero-order valence-corrected chi connectivity index (χ0v) is 59.9. The predicted octanol–water partition coefficient (Wildman–Crippen LogP) is 5.34. The topological polar surface area (TPSA) is 151 Å². The minimum atomic E-state index is -1.19. The summed E-state index contributed by atoms with van der Waals surface area (Å²) in [6.45, 7) is 35.4. The number of ether oxygens (including phenoxy) is 3. The zero-order valence-electron chi connectivity index (χ0n) is 48.5. The van der Waals surface area contributed by atoms with Crippen molar-refractivity contribution in [2.75, 3.05) is 27.4 Å². The van der Waals surface area contributed by atoms with Crippen LogP contribution in [-0.2, 0) is 45.7 Å². The van der Waals surface area contributed by atoms with E-state index in [2.05, 4.69) is 162 Å². The maximum Gasteiger partial charge on any atom is 0.404 e. The second-order valence-electron chi connectivity index (χ2n) is 21.0. The van der Waals surface area contributed by atoms with Gasteiger partial charge in [0.15, 0.2) is 78.1 Å². The van der Waals surface area contributed by atoms with Crippen LogP contribution in [0.15, 0.2) is 78.9 Å². The number of hydrogen-bond acceptors (Lipinski definition) is 12. The Morgan fingerprint density at radius 2 is 0.757 bits per heavy atom. The summed E-state index contributed by atoms with van der Waals surface area (Å²) in [7, 11) is -4.85. The molecule has 2 N–H and O–H groups in total. The third kappa shape index (κ3) is 16.3. The highest BCUT2D eigenvalue weighted by molar-refractivity contribution is 6.27. The summed E-state index contributed by atoms with van der Waals surface area (Å²) in [5.41, 5.74) is -1.58. The van der Waals surface area contributed by atoms with Gasteiger partial charge in [0.25, 0.3) is 0 Å². The summed E-state index contributed by atoms with van der Waals surface area (Å²) in [6.07, 6.45) is -3.50. The van der Waals surface area contributed by atoms with Crippen LogP contribution in [-0.4, -0.2) is 142 Å². The first kappa shape index (κ1) is 66.2. The van der Waals surface area contributed by atoms with Gasteiger partial charge in [-0.2, -0.15) is 0 Å². The molecule has 4 unspecified atom stereocenters. The Balaban J connectivity index is 2.85. The van der Waals surface area contributed by atoms with E-state index >= 15 is 0 Å². The number of hydrogen-bond donors (Lipinski definition) is 2. The standard InChI is InChI=1S/C52H97NO13Si8/c1-48(2,43(59-67-11)60-68-12)39(32-53-47(54)55)41(50(5,6)45(63-71-15)64-72-16)42(51(7,8)46(65-73-17)66-74-18)40(49(3,4)44(61-69-13)62-70-14)33-58-52(34-22-20-19-21-23-34,35-24-28-37(56-9)29-25-35)36-26-30-38(57-10)31-27-36/h19-31,39-46,53H,32-33,67-74H2,1-18H3,(H,54,55). The monoisotopic (exact) mass is 1170 g/mol. The second-order valence-corrected chi connectivity index (χ2v) is 28.3. The fraction of sp³-hybridized carbons (Fsp3) is 0.635. The Labute approximate surface area is 464 Å². The van der Waals surface area contributed by atoms with Crippen LogP contribution in [0.3, 0.4) is 0 Å². The molecule has 0 aliphatic carbocycles. The molecule has 0 fully saturated rings. The first-order chi connectivity index (χ1) is 35.1. The average Bonchev–Trinajstić information content (AvgIpc) is 3.37. The molecule has 0 aromatic heterocycles. The third-order valence-electron chi connectivity index (χ3n) is 15.0. The molecule has 0 spiro atoms. The quantitative estimate of drug-likeness (QED) is 0.0435. The van der Waals surface area contributed by atoms with E-state index in [1.165, 1.54) is 0 Å². The lowest BCUT2D eigenvalue weighted by Gasteiger charge is -2.61. The van der Waals surface area contributed by atoms with Crippen molar-refractivity contribution in [3.63, 3.8) is 0 Å². The Bertz CT molecular complexity index is 1970. The lowest BCUT2D eigenvalue weighted by Crippen LogP contribution is -2.63. The van der Waals surface area contributed by atoms with Gasteiger partial charge in [0.2, 0.25) is 0 Å². The van der Waals surface area contributed by atoms with Gasteiger partial charge in [0, 0.05) is 28.2 Å². The summed E-state index contributed by atoms with van der Waals surface area (Å²) >= 11 is 0. The van der Waals surface area contributed by atoms with Crippen molar-refractivity contribution in [2.24, 2.45) is 45.3 Å². The van der Waals surface area contributed by atoms with E-state index in [0.29, 0.717) is 0 Å². The van der Waals surface area contributed by atoms with Crippen molar-refractivity contribution in [3.05, 3.63) is 95.6 Å². The Kier molecular flexibility index (Phi) is 28.2. The van der Waals surface area contributed by atoms with Crippen LogP contribution in [0.2, 0.25) is 52.4 Å². The Hall–Kier alpha value is -2.09. The first-order valence-corrected chi connectivity index (χ1v) is 43.0. The van der Waals surface area contributed by atoms with E-state index in [1.807, 2.05) is 30.3 Å². The minimum Gasteiger partial charge on any atom is -0.497 e. The lowest BCUT2D eigenvalue weighted by atomic mass is 9.48. The maximum absolute atomic E-state index is 13.0. The minimum absolute atomic E-state index is 0.0971. The SMILES string of the molecule is COc1ccc(C(OCC(C(C(C(CNC(=O)O)C(C)(C)C(O[SiH2]C)O[SiH2]C)C(C)(C)C(O[SiH2]C)O[SiH2]C)C(C)(C)C(O[SiH2]C)O[SiH2]C)C(C)(C)C(O[SiH2]C)O[SiH2]C)(c2ccccc2)c2ccc(OC)cc2)cc1. The highest BCUT2D eigenvalue weighted by Gasteiger charge is 2.62. The van der Waals surface area contributed by atoms with Crippen molar-refractivity contribution in [3.8, 4) is 11.5 Å². The molecule has 3 aromatic rings. The number of benzene rings is 3. The van der Waals surface area contributed by atoms with Gasteiger partial charge in [-0.05, 0) is 64.6 Å². The van der Waals surface area contributed by atoms with E-state index in [-0.39, 0.29) is 13.2 Å². The molecule has 0 aliphatic rings. The Morgan fingerprint density at radius 3 is 1.07 bits per heavy atom. The summed E-state index contributed by atoms with van der Waals surface area (Å²) < 4.78 is 74.9. The molecule has 3 aromatic carbocycles. The van der Waals surface area contributed by atoms with Crippen molar-refractivity contribution >= 4 is 84.2 Å². The van der Waals surface area contributed by atoms with Gasteiger partial charge in [0.1, 0.15) is 42.3 Å². The van der Waals surface area contributed by atoms with Gasteiger partial charge >= 0.3 is 6.09 Å². The van der Waals surface area contributed by atoms with Crippen LogP contribution in [0.4, 0.5) is 4.79 Å². The number of carboxylic acid groups (broad SMARTS) is 1. The van der Waals surface area contributed by atoms with Crippen LogP contribution in [0.1, 0.15) is 72.1 Å². The molecule has 0 radical (unpaired) electrons. The average molecular weight is 1170 g/mol. The van der Waals surface area contributed by atoms with Gasteiger partial charge in [-0.25, -0.2) is 4.79 Å². The van der Waals surface area contributed by atoms with Gasteiger partial charge < -0.3 is 60.0 Å². The molecule has 0 saturated heterocycles. The molecule has 0 bridgehead atoms. The smallest absolute Gasteiger partial charge is 0.404 e. The largest absolute Gasteiger partial charge is 0.497 e. The van der Waals surface area contributed by atoms with Crippen molar-refractivity contribution in [2.45, 2.75) is 139 Å². The fourth-order valence-electron chi connectivity index (χ4n) is 11.4. The second kappa shape index (κ2) is 31.5. The number of nitrogens with one attached hydrogen (secondary N) is 1. The molecular formula is C52H97NO13Si8. The lowest BCUT2D eigenvalue weighted by molar-refractivity contribution is -0.236. The van der Waals surface area contributed by atoms with Crippen molar-refractivity contribution in [1.82, 2.24) is 5.32 Å². The molecule has 3 rings (SSSR count). The van der Waals surface area contributed by atoms with Crippen LogP contribution in [0, 0.1) is 45.3 Å². The van der Waals surface area contributed by atoms with Gasteiger partial charge in [-0.15, -0.1) is 0 Å². The predicted molar refractivity (Wildman–Crippen MR) is 322 cm³/mol. The van der Waals surface area contributed by atoms with Crippen molar-refractivity contribution < 1.29 is 59.5 Å². The van der Waals surface area contributed by atoms with E-state index in [0.717, 1.165) is 28.2 Å². The molecule has 0 saturated carbocycles. The highest BCUT2D eigenvalue weighted by Crippen LogP contribution is 2.60. The summed E-state index contributed by atoms with van der Waals surface area (Å²) in [5.74, 6) is -0.278. The Morgan fingerprint density at radius 1 is 0.459 bits per heavy atom. The van der Waals surface area contributed by atoms with Crippen molar-refractivity contribution in [1.29, 1.82) is 0 Å². The van der Waals surface area contributed by atoms with Crippen LogP contribution in [0.25, 0.3) is 0 Å². The zero-order chi connectivity index (χ0) is 55.3. The molecule has 4 atom stereocenters. The molecule has 22 heteroatoms. The van der Waals surface area contributed by atoms with Crippen LogP contribution >= 0.6 is 0 Å². The maximum atomic E-state index is 13.0. The fourth-order valence-corrected chi connectivity index (χ4v) is 18.8. The van der Waals surface area contributed by atoms with Gasteiger partial charge in [-0.3, -0.25) is 0 Å². The molecule has 1 amide bonds. The van der Waals surface area contributed by atoms with Crippen LogP contribution in [0.5, 0.6) is 11.5 Å². The number of carbonyl (C=O) groups is 1. The molecule has 420 valence electrons. The number of methoxy groups -OCH3 is 2. The number of amides is 1. The molecule has 0 heterocycles. The van der Waals surface area contributed by atoms with E-state index in [4.69, 9.17) is 49.6 Å². The number of rotatable bonds is 37. The summed E-state index contributed by atoms with van der Waals surface area (Å²) in [6, 6.07) is 26.7. The molecule has 74 heavy (non-hydrogen) atoms. The highest BCUT2D eigenvalue weighted by atomic mass is 28.2. The van der Waals surface area contributed by atoms with Crippen LogP contribution < -0.4 is 14.8 Å². The van der Waals surface area contributed by atoms with E-state index in [1.54, 1.807) is 14.2 Å². The summed E-state index contributed by atoms with van der Waals surface area (Å²) in [5, 5.41) is 13.6. The molecule has 0 aliphatic heterocycles. The van der Waals surface area contributed by atoms with E-state index < -0.39 is 160 Å². The van der Waals surface area contributed by atoms with E-state index in [9.17, 15) is 9.90 Å².